The van der Waals surface area contributed by atoms with Gasteiger partial charge in [-0.25, -0.2) is 0 Å². The zero-order valence-electron chi connectivity index (χ0n) is 22.5. The summed E-state index contributed by atoms with van der Waals surface area (Å²) in [5, 5.41) is 33.7. The van der Waals surface area contributed by atoms with Crippen LogP contribution in [0.5, 0.6) is 11.5 Å². The number of nitrogens with one attached hydrogen (secondary N) is 1. The lowest BCUT2D eigenvalue weighted by atomic mass is 9.76. The summed E-state index contributed by atoms with van der Waals surface area (Å²) in [6.45, 7) is 3.35. The molecule has 0 radical (unpaired) electrons. The number of methoxy groups -OCH3 is 1. The lowest BCUT2D eigenvalue weighted by Crippen LogP contribution is -2.58. The van der Waals surface area contributed by atoms with Crippen LogP contribution < -0.4 is 14.8 Å². The third kappa shape index (κ3) is 5.60. The molecule has 2 amide bonds. The fraction of sp³-hybridized carbons (Fsp3) is 0.586. The number of amides is 2. The van der Waals surface area contributed by atoms with E-state index in [1.165, 1.54) is 7.11 Å². The molecule has 1 saturated carbocycles. The summed E-state index contributed by atoms with van der Waals surface area (Å²) in [7, 11) is 1.50. The van der Waals surface area contributed by atoms with Crippen molar-refractivity contribution in [2.24, 2.45) is 0 Å². The van der Waals surface area contributed by atoms with E-state index in [1.807, 2.05) is 13.8 Å². The van der Waals surface area contributed by atoms with Gasteiger partial charge >= 0.3 is 0 Å². The predicted molar refractivity (Wildman–Crippen MR) is 142 cm³/mol. The number of rotatable bonds is 8. The number of aliphatic hydroxyl groups is 3. The standard InChI is InChI=1S/C29H40N2O7/c1-17(2)12-24(34)31(19-8-6-4-5-7-9-19)22-15-21(29(36)30-10-11-32)25-20-13-18(16-33)14-23(37-3)27(20)38-28(25)26(22)35/h12-15,19,22,25-26,28,32-33,35H,4-11,16H2,1-3H3,(H,30,36)/t22-,25+,26+,28+/m1/s1. The lowest BCUT2D eigenvalue weighted by molar-refractivity contribution is -0.135. The maximum atomic E-state index is 13.6. The highest BCUT2D eigenvalue weighted by Gasteiger charge is 2.52. The van der Waals surface area contributed by atoms with Crippen LogP contribution >= 0.6 is 0 Å². The molecule has 1 aromatic carbocycles. The molecule has 0 aromatic heterocycles. The molecular weight excluding hydrogens is 488 g/mol. The summed E-state index contributed by atoms with van der Waals surface area (Å²) in [6.07, 6.45) is 7.20. The van der Waals surface area contributed by atoms with Crippen LogP contribution in [0.25, 0.3) is 0 Å². The molecule has 4 atom stereocenters. The fourth-order valence-electron chi connectivity index (χ4n) is 6.02. The summed E-state index contributed by atoms with van der Waals surface area (Å²) in [6, 6.07) is 2.58. The molecule has 1 heterocycles. The van der Waals surface area contributed by atoms with Gasteiger partial charge in [-0.2, -0.15) is 0 Å². The SMILES string of the molecule is COc1cc(CO)cc2c1O[C@@H]1[C@@H](O)[C@H](N(C(=O)C=C(C)C)C3CCCCCC3)C=C(C(=O)NCCO)[C@H]21. The minimum Gasteiger partial charge on any atom is -0.493 e. The van der Waals surface area contributed by atoms with Crippen molar-refractivity contribution in [3.8, 4) is 11.5 Å². The van der Waals surface area contributed by atoms with E-state index < -0.39 is 30.1 Å². The Balaban J connectivity index is 1.84. The third-order valence-corrected chi connectivity index (χ3v) is 7.70. The van der Waals surface area contributed by atoms with Gasteiger partial charge in [0.1, 0.15) is 12.2 Å². The number of benzene rings is 1. The van der Waals surface area contributed by atoms with Crippen molar-refractivity contribution in [2.75, 3.05) is 20.3 Å². The largest absolute Gasteiger partial charge is 0.493 e. The van der Waals surface area contributed by atoms with Gasteiger partial charge in [0, 0.05) is 29.8 Å². The molecular formula is C29H40N2O7. The summed E-state index contributed by atoms with van der Waals surface area (Å²) in [5.41, 5.74) is 2.44. The molecule has 2 aliphatic carbocycles. The molecule has 9 nitrogen and oxygen atoms in total. The molecule has 0 saturated heterocycles. The van der Waals surface area contributed by atoms with E-state index in [9.17, 15) is 24.9 Å². The van der Waals surface area contributed by atoms with Crippen LogP contribution in [-0.2, 0) is 16.2 Å². The van der Waals surface area contributed by atoms with Gasteiger partial charge in [-0.15, -0.1) is 0 Å². The summed E-state index contributed by atoms with van der Waals surface area (Å²) in [4.78, 5) is 28.8. The number of allylic oxidation sites excluding steroid dienone is 1. The van der Waals surface area contributed by atoms with Crippen molar-refractivity contribution in [1.29, 1.82) is 0 Å². The fourth-order valence-corrected chi connectivity index (χ4v) is 6.02. The van der Waals surface area contributed by atoms with Crippen molar-refractivity contribution >= 4 is 11.8 Å². The maximum Gasteiger partial charge on any atom is 0.247 e. The van der Waals surface area contributed by atoms with E-state index >= 15 is 0 Å². The lowest BCUT2D eigenvalue weighted by Gasteiger charge is -2.43. The molecule has 0 bridgehead atoms. The number of ether oxygens (including phenoxy) is 2. The Morgan fingerprint density at radius 1 is 1.16 bits per heavy atom. The van der Waals surface area contributed by atoms with Crippen molar-refractivity contribution in [3.63, 3.8) is 0 Å². The van der Waals surface area contributed by atoms with Crippen molar-refractivity contribution in [1.82, 2.24) is 10.2 Å². The second kappa shape index (κ2) is 12.3. The van der Waals surface area contributed by atoms with Crippen LogP contribution in [0.1, 0.15) is 69.4 Å². The maximum absolute atomic E-state index is 13.6. The Bertz CT molecular complexity index is 1090. The van der Waals surface area contributed by atoms with Gasteiger partial charge in [0.15, 0.2) is 11.5 Å². The van der Waals surface area contributed by atoms with Crippen molar-refractivity contribution in [3.05, 3.63) is 46.6 Å². The second-order valence-electron chi connectivity index (χ2n) is 10.6. The molecule has 1 aliphatic heterocycles. The minimum atomic E-state index is -1.11. The first kappa shape index (κ1) is 28.1. The van der Waals surface area contributed by atoms with Crippen LogP contribution in [0.4, 0.5) is 0 Å². The highest BCUT2D eigenvalue weighted by atomic mass is 16.5. The molecule has 4 N–H and O–H groups in total. The van der Waals surface area contributed by atoms with Gasteiger partial charge in [-0.05, 0) is 50.5 Å². The number of fused-ring (bicyclic) bond motifs is 3. The Morgan fingerprint density at radius 3 is 2.47 bits per heavy atom. The monoisotopic (exact) mass is 528 g/mol. The van der Waals surface area contributed by atoms with Crippen LogP contribution in [0.2, 0.25) is 0 Å². The first-order valence-electron chi connectivity index (χ1n) is 13.5. The highest BCUT2D eigenvalue weighted by Crippen LogP contribution is 2.51. The summed E-state index contributed by atoms with van der Waals surface area (Å²) < 4.78 is 11.8. The molecule has 4 rings (SSSR count). The van der Waals surface area contributed by atoms with Crippen LogP contribution in [0.3, 0.4) is 0 Å². The smallest absolute Gasteiger partial charge is 0.247 e. The van der Waals surface area contributed by atoms with Gasteiger partial charge in [-0.3, -0.25) is 9.59 Å². The van der Waals surface area contributed by atoms with Crippen LogP contribution in [0.15, 0.2) is 35.4 Å². The number of carbonyl (C=O) groups excluding carboxylic acids is 2. The third-order valence-electron chi connectivity index (χ3n) is 7.70. The second-order valence-corrected chi connectivity index (χ2v) is 10.6. The molecule has 1 aromatic rings. The van der Waals surface area contributed by atoms with E-state index in [2.05, 4.69) is 5.32 Å². The first-order chi connectivity index (χ1) is 18.3. The molecule has 208 valence electrons. The van der Waals surface area contributed by atoms with Crippen molar-refractivity contribution in [2.45, 2.75) is 89.2 Å². The van der Waals surface area contributed by atoms with E-state index in [0.29, 0.717) is 28.2 Å². The van der Waals surface area contributed by atoms with Gasteiger partial charge in [0.05, 0.1) is 32.3 Å². The molecule has 1 fully saturated rings. The number of hydrogen-bond acceptors (Lipinski definition) is 7. The predicted octanol–water partition coefficient (Wildman–Crippen LogP) is 2.33. The molecule has 9 heteroatoms. The van der Waals surface area contributed by atoms with E-state index in [0.717, 1.165) is 44.1 Å². The molecule has 38 heavy (non-hydrogen) atoms. The average molecular weight is 529 g/mol. The number of hydrogen-bond donors (Lipinski definition) is 4. The van der Waals surface area contributed by atoms with Crippen LogP contribution in [-0.4, -0.2) is 76.6 Å². The summed E-state index contributed by atoms with van der Waals surface area (Å²) in [5.74, 6) is -0.407. The Kier molecular flexibility index (Phi) is 9.12. The number of nitrogens with zero attached hydrogens (tertiary/aromatic N) is 1. The zero-order chi connectivity index (χ0) is 27.4. The molecule has 3 aliphatic rings. The van der Waals surface area contributed by atoms with Gasteiger partial charge in [0.25, 0.3) is 0 Å². The van der Waals surface area contributed by atoms with E-state index in [4.69, 9.17) is 9.47 Å². The Hall–Kier alpha value is -2.88. The van der Waals surface area contributed by atoms with Gasteiger partial charge < -0.3 is 35.0 Å². The number of aliphatic hydroxyl groups excluding tert-OH is 3. The van der Waals surface area contributed by atoms with E-state index in [1.54, 1.807) is 29.2 Å². The molecule has 0 spiro atoms. The zero-order valence-corrected chi connectivity index (χ0v) is 22.5. The summed E-state index contributed by atoms with van der Waals surface area (Å²) >= 11 is 0. The minimum absolute atomic E-state index is 0.0670. The first-order valence-corrected chi connectivity index (χ1v) is 13.5. The molecule has 0 unspecified atom stereocenters. The van der Waals surface area contributed by atoms with Crippen molar-refractivity contribution < 1.29 is 34.4 Å². The number of carbonyl (C=O) groups is 2. The Labute approximate surface area is 224 Å². The highest BCUT2D eigenvalue weighted by molar-refractivity contribution is 5.96. The topological polar surface area (TPSA) is 129 Å². The van der Waals surface area contributed by atoms with E-state index in [-0.39, 0.29) is 31.7 Å². The average Bonchev–Trinajstić information content (AvgIpc) is 3.08. The quantitative estimate of drug-likeness (QED) is 0.301. The van der Waals surface area contributed by atoms with Crippen LogP contribution in [0, 0.1) is 0 Å². The Morgan fingerprint density at radius 2 is 1.87 bits per heavy atom. The van der Waals surface area contributed by atoms with Gasteiger partial charge in [-0.1, -0.05) is 31.3 Å². The normalized spacial score (nSPS) is 24.7. The van der Waals surface area contributed by atoms with Gasteiger partial charge in [0.2, 0.25) is 11.8 Å².